The lowest BCUT2D eigenvalue weighted by Gasteiger charge is -2.17. The van der Waals surface area contributed by atoms with Gasteiger partial charge in [-0.15, -0.1) is 0 Å². The molecule has 0 amide bonds. The fourth-order valence-corrected chi connectivity index (χ4v) is 2.20. The molecule has 2 aromatic rings. The largest absolute Gasteiger partial charge is 0.469 e. The third kappa shape index (κ3) is 2.33. The summed E-state index contributed by atoms with van der Waals surface area (Å²) in [6.45, 7) is 1.87. The number of nitrogens with two attached hydrogens (primary N) is 1. The molecule has 1 aromatic carbocycles. The lowest BCUT2D eigenvalue weighted by atomic mass is 10.00. The van der Waals surface area contributed by atoms with Gasteiger partial charge >= 0.3 is 0 Å². The van der Waals surface area contributed by atoms with Crippen LogP contribution in [0.3, 0.4) is 0 Å². The van der Waals surface area contributed by atoms with E-state index >= 15 is 0 Å². The van der Waals surface area contributed by atoms with Gasteiger partial charge in [0, 0.05) is 5.56 Å². The first-order chi connectivity index (χ1) is 8.15. The van der Waals surface area contributed by atoms with E-state index in [2.05, 4.69) is 5.43 Å². The highest BCUT2D eigenvalue weighted by Gasteiger charge is 2.20. The van der Waals surface area contributed by atoms with E-state index in [1.165, 1.54) is 0 Å². The van der Waals surface area contributed by atoms with Gasteiger partial charge in [-0.05, 0) is 24.6 Å². The summed E-state index contributed by atoms with van der Waals surface area (Å²) in [5, 5.41) is 1.00. The van der Waals surface area contributed by atoms with Crippen molar-refractivity contribution in [2.24, 2.45) is 5.84 Å². The van der Waals surface area contributed by atoms with Crippen LogP contribution in [0.4, 0.5) is 0 Å². The molecule has 0 saturated carbocycles. The third-order valence-electron chi connectivity index (χ3n) is 2.67. The number of hydrazine groups is 1. The number of benzene rings is 1. The maximum atomic E-state index is 6.18. The molecule has 3 nitrogen and oxygen atoms in total. The van der Waals surface area contributed by atoms with E-state index in [9.17, 15) is 0 Å². The minimum Gasteiger partial charge on any atom is -0.469 e. The number of rotatable bonds is 3. The second kappa shape index (κ2) is 5.10. The first-order valence-corrected chi connectivity index (χ1v) is 5.84. The van der Waals surface area contributed by atoms with Crippen LogP contribution in [0.5, 0.6) is 0 Å². The number of hydrogen-bond acceptors (Lipinski definition) is 3. The Bertz CT molecular complexity index is 525. The predicted octanol–water partition coefficient (Wildman–Crippen LogP) is 3.45. The first-order valence-electron chi connectivity index (χ1n) is 5.09. The number of nitrogens with one attached hydrogen (secondary N) is 1. The third-order valence-corrected chi connectivity index (χ3v) is 3.50. The molecule has 1 heterocycles. The van der Waals surface area contributed by atoms with Crippen LogP contribution < -0.4 is 11.3 Å². The summed E-state index contributed by atoms with van der Waals surface area (Å²) in [4.78, 5) is 0. The molecular weight excluding hydrogens is 259 g/mol. The Morgan fingerprint density at radius 3 is 2.59 bits per heavy atom. The Morgan fingerprint density at radius 1 is 1.24 bits per heavy atom. The van der Waals surface area contributed by atoms with Gasteiger partial charge < -0.3 is 4.42 Å². The van der Waals surface area contributed by atoms with Crippen molar-refractivity contribution in [3.05, 3.63) is 57.5 Å². The van der Waals surface area contributed by atoms with Gasteiger partial charge in [-0.25, -0.2) is 5.43 Å². The highest BCUT2D eigenvalue weighted by molar-refractivity contribution is 6.42. The smallest absolute Gasteiger partial charge is 0.105 e. The SMILES string of the molecule is Cc1occc1C(NN)c1cccc(Cl)c1Cl. The van der Waals surface area contributed by atoms with Crippen LogP contribution in [0.25, 0.3) is 0 Å². The molecule has 0 bridgehead atoms. The zero-order chi connectivity index (χ0) is 12.4. The molecule has 0 aliphatic rings. The normalized spacial score (nSPS) is 12.7. The average molecular weight is 271 g/mol. The molecule has 0 fully saturated rings. The van der Waals surface area contributed by atoms with Crippen LogP contribution in [-0.2, 0) is 0 Å². The summed E-state index contributed by atoms with van der Waals surface area (Å²) in [6.07, 6.45) is 1.62. The Kier molecular flexibility index (Phi) is 3.74. The first kappa shape index (κ1) is 12.5. The minimum atomic E-state index is -0.236. The molecule has 0 radical (unpaired) electrons. The fourth-order valence-electron chi connectivity index (χ4n) is 1.78. The Morgan fingerprint density at radius 2 is 2.00 bits per heavy atom. The Labute approximate surface area is 109 Å². The number of hydrogen-bond donors (Lipinski definition) is 2. The van der Waals surface area contributed by atoms with Crippen LogP contribution in [0.2, 0.25) is 10.0 Å². The molecule has 1 aromatic heterocycles. The number of halogens is 2. The summed E-state index contributed by atoms with van der Waals surface area (Å²) in [5.41, 5.74) is 4.49. The van der Waals surface area contributed by atoms with Crippen molar-refractivity contribution < 1.29 is 4.42 Å². The van der Waals surface area contributed by atoms with Crippen LogP contribution in [0.1, 0.15) is 22.9 Å². The van der Waals surface area contributed by atoms with Gasteiger partial charge in [0.05, 0.1) is 22.4 Å². The molecule has 90 valence electrons. The van der Waals surface area contributed by atoms with Gasteiger partial charge in [0.15, 0.2) is 0 Å². The monoisotopic (exact) mass is 270 g/mol. The second-order valence-corrected chi connectivity index (χ2v) is 4.46. The van der Waals surface area contributed by atoms with Crippen molar-refractivity contribution in [3.63, 3.8) is 0 Å². The predicted molar refractivity (Wildman–Crippen MR) is 69.1 cm³/mol. The van der Waals surface area contributed by atoms with Gasteiger partial charge in [0.2, 0.25) is 0 Å². The number of aryl methyl sites for hydroxylation is 1. The Balaban J connectivity index is 2.50. The highest BCUT2D eigenvalue weighted by Crippen LogP contribution is 2.33. The van der Waals surface area contributed by atoms with E-state index in [-0.39, 0.29) is 6.04 Å². The van der Waals surface area contributed by atoms with Gasteiger partial charge in [-0.1, -0.05) is 35.3 Å². The maximum absolute atomic E-state index is 6.18. The van der Waals surface area contributed by atoms with Crippen LogP contribution >= 0.6 is 23.2 Å². The van der Waals surface area contributed by atoms with Crippen molar-refractivity contribution in [1.29, 1.82) is 0 Å². The second-order valence-electron chi connectivity index (χ2n) is 3.67. The van der Waals surface area contributed by atoms with E-state index < -0.39 is 0 Å². The molecule has 0 aliphatic heterocycles. The van der Waals surface area contributed by atoms with Crippen molar-refractivity contribution in [2.75, 3.05) is 0 Å². The highest BCUT2D eigenvalue weighted by atomic mass is 35.5. The zero-order valence-corrected chi connectivity index (χ0v) is 10.7. The maximum Gasteiger partial charge on any atom is 0.105 e. The molecular formula is C12H12Cl2N2O. The van der Waals surface area contributed by atoms with Crippen LogP contribution in [-0.4, -0.2) is 0 Å². The van der Waals surface area contributed by atoms with E-state index in [1.807, 2.05) is 25.1 Å². The lowest BCUT2D eigenvalue weighted by molar-refractivity contribution is 0.520. The van der Waals surface area contributed by atoms with Crippen LogP contribution in [0.15, 0.2) is 34.9 Å². The molecule has 0 spiro atoms. The van der Waals surface area contributed by atoms with Crippen molar-refractivity contribution in [3.8, 4) is 0 Å². The molecule has 0 saturated heterocycles. The molecule has 0 aliphatic carbocycles. The standard InChI is InChI=1S/C12H12Cl2N2O/c1-7-8(5-6-17-7)12(16-15)9-3-2-4-10(13)11(9)14/h2-6,12,16H,15H2,1H3. The van der Waals surface area contributed by atoms with E-state index in [1.54, 1.807) is 12.3 Å². The summed E-state index contributed by atoms with van der Waals surface area (Å²) in [5.74, 6) is 6.39. The van der Waals surface area contributed by atoms with Gasteiger partial charge in [0.1, 0.15) is 5.76 Å². The zero-order valence-electron chi connectivity index (χ0n) is 9.21. The molecule has 17 heavy (non-hydrogen) atoms. The summed E-state index contributed by atoms with van der Waals surface area (Å²) >= 11 is 12.2. The average Bonchev–Trinajstić information content (AvgIpc) is 2.72. The Hall–Kier alpha value is -1.000. The topological polar surface area (TPSA) is 51.2 Å². The van der Waals surface area contributed by atoms with Gasteiger partial charge in [-0.2, -0.15) is 0 Å². The van der Waals surface area contributed by atoms with Crippen LogP contribution in [0, 0.1) is 6.92 Å². The molecule has 1 unspecified atom stereocenters. The van der Waals surface area contributed by atoms with Crippen molar-refractivity contribution in [2.45, 2.75) is 13.0 Å². The lowest BCUT2D eigenvalue weighted by Crippen LogP contribution is -2.29. The summed E-state index contributed by atoms with van der Waals surface area (Å²) in [6, 6.07) is 7.08. The van der Waals surface area contributed by atoms with E-state index in [0.29, 0.717) is 10.0 Å². The molecule has 3 N–H and O–H groups in total. The summed E-state index contributed by atoms with van der Waals surface area (Å²) < 4.78 is 5.27. The molecule has 2 rings (SSSR count). The van der Waals surface area contributed by atoms with E-state index in [0.717, 1.165) is 16.9 Å². The molecule has 5 heteroatoms. The fraction of sp³-hybridized carbons (Fsp3) is 0.167. The molecule has 1 atom stereocenters. The van der Waals surface area contributed by atoms with Crippen molar-refractivity contribution in [1.82, 2.24) is 5.43 Å². The van der Waals surface area contributed by atoms with Gasteiger partial charge in [0.25, 0.3) is 0 Å². The van der Waals surface area contributed by atoms with Crippen molar-refractivity contribution >= 4 is 23.2 Å². The van der Waals surface area contributed by atoms with Gasteiger partial charge in [-0.3, -0.25) is 5.84 Å². The quantitative estimate of drug-likeness (QED) is 0.664. The minimum absolute atomic E-state index is 0.236. The summed E-state index contributed by atoms with van der Waals surface area (Å²) in [7, 11) is 0. The number of furan rings is 1. The van der Waals surface area contributed by atoms with E-state index in [4.69, 9.17) is 33.5 Å².